The van der Waals surface area contributed by atoms with E-state index in [1.165, 1.54) is 5.56 Å². The van der Waals surface area contributed by atoms with Crippen LogP contribution in [0.25, 0.3) is 11.5 Å². The van der Waals surface area contributed by atoms with E-state index in [2.05, 4.69) is 15.5 Å². The molecule has 1 fully saturated rings. The number of aromatic nitrogens is 2. The number of furan rings is 1. The Morgan fingerprint density at radius 2 is 1.82 bits per heavy atom. The lowest BCUT2D eigenvalue weighted by Gasteiger charge is -2.29. The number of carbonyl (C=O) groups excluding carboxylic acids is 1. The largest absolute Gasteiger partial charge is 0.465 e. The van der Waals surface area contributed by atoms with Gasteiger partial charge in [-0.25, -0.2) is 0 Å². The van der Waals surface area contributed by atoms with Gasteiger partial charge in [0.2, 0.25) is 11.8 Å². The van der Waals surface area contributed by atoms with Gasteiger partial charge in [-0.3, -0.25) is 4.79 Å². The predicted octanol–water partition coefficient (Wildman–Crippen LogP) is 3.48. The molecule has 0 spiro atoms. The molecule has 4 rings (SSSR count). The van der Waals surface area contributed by atoms with E-state index in [-0.39, 0.29) is 11.8 Å². The zero-order valence-electron chi connectivity index (χ0n) is 16.1. The van der Waals surface area contributed by atoms with E-state index in [0.717, 1.165) is 29.9 Å². The number of amides is 1. The molecule has 146 valence electrons. The highest BCUT2D eigenvalue weighted by atomic mass is 16.4. The summed E-state index contributed by atoms with van der Waals surface area (Å²) in [5.41, 5.74) is 2.10. The second kappa shape index (κ2) is 7.88. The second-order valence-corrected chi connectivity index (χ2v) is 7.25. The maximum absolute atomic E-state index is 12.4. The highest BCUT2D eigenvalue weighted by Gasteiger charge is 2.27. The summed E-state index contributed by atoms with van der Waals surface area (Å²) in [5.74, 6) is 2.20. The van der Waals surface area contributed by atoms with Gasteiger partial charge in [0.15, 0.2) is 0 Å². The first-order chi connectivity index (χ1) is 13.6. The second-order valence-electron chi connectivity index (χ2n) is 7.25. The Kier molecular flexibility index (Phi) is 5.14. The average molecular weight is 380 g/mol. The Morgan fingerprint density at radius 1 is 1.07 bits per heavy atom. The van der Waals surface area contributed by atoms with Crippen LogP contribution in [0.3, 0.4) is 0 Å². The van der Waals surface area contributed by atoms with Gasteiger partial charge in [0.25, 0.3) is 0 Å². The van der Waals surface area contributed by atoms with E-state index in [1.807, 2.05) is 55.1 Å². The highest BCUT2D eigenvalue weighted by molar-refractivity contribution is 5.78. The lowest BCUT2D eigenvalue weighted by molar-refractivity contribution is -0.125. The van der Waals surface area contributed by atoms with Gasteiger partial charge in [-0.05, 0) is 51.0 Å². The van der Waals surface area contributed by atoms with E-state index in [9.17, 15) is 4.79 Å². The van der Waals surface area contributed by atoms with Crippen molar-refractivity contribution in [1.29, 1.82) is 0 Å². The third-order valence-electron chi connectivity index (χ3n) is 5.08. The number of nitrogens with one attached hydrogen (secondary N) is 1. The quantitative estimate of drug-likeness (QED) is 0.729. The zero-order chi connectivity index (χ0) is 19.5. The van der Waals surface area contributed by atoms with Crippen LogP contribution >= 0.6 is 0 Å². The molecule has 3 heterocycles. The molecule has 0 saturated carbocycles. The molecule has 2 aromatic heterocycles. The fourth-order valence-corrected chi connectivity index (χ4v) is 3.39. The monoisotopic (exact) mass is 380 g/mol. The molecule has 3 aromatic rings. The summed E-state index contributed by atoms with van der Waals surface area (Å²) in [6, 6.07) is 12.3. The third-order valence-corrected chi connectivity index (χ3v) is 5.08. The molecule has 1 aliphatic heterocycles. The van der Waals surface area contributed by atoms with Gasteiger partial charge in [-0.15, -0.1) is 5.10 Å². The fourth-order valence-electron chi connectivity index (χ4n) is 3.39. The van der Waals surface area contributed by atoms with Crippen LogP contribution in [0.1, 0.15) is 29.9 Å². The van der Waals surface area contributed by atoms with E-state index in [1.54, 1.807) is 0 Å². The van der Waals surface area contributed by atoms with Crippen LogP contribution in [-0.2, 0) is 11.3 Å². The molecule has 0 unspecified atom stereocenters. The number of aryl methyl sites for hydroxylation is 2. The molecule has 7 heteroatoms. The maximum atomic E-state index is 12.4. The van der Waals surface area contributed by atoms with Crippen molar-refractivity contribution in [3.63, 3.8) is 0 Å². The molecule has 0 radical (unpaired) electrons. The Hall–Kier alpha value is -3.09. The molecule has 0 bridgehead atoms. The fraction of sp³-hybridized carbons (Fsp3) is 0.381. The lowest BCUT2D eigenvalue weighted by atomic mass is 9.96. The van der Waals surface area contributed by atoms with E-state index in [4.69, 9.17) is 8.83 Å². The normalized spacial score (nSPS) is 15.0. The molecule has 28 heavy (non-hydrogen) atoms. The van der Waals surface area contributed by atoms with Crippen molar-refractivity contribution in [2.45, 2.75) is 33.2 Å². The van der Waals surface area contributed by atoms with Crippen LogP contribution in [0, 0.1) is 19.8 Å². The Balaban J connectivity index is 1.30. The van der Waals surface area contributed by atoms with Crippen molar-refractivity contribution in [2.75, 3.05) is 18.0 Å². The van der Waals surface area contributed by atoms with Crippen molar-refractivity contribution in [1.82, 2.24) is 15.5 Å². The minimum atomic E-state index is -0.00759. The summed E-state index contributed by atoms with van der Waals surface area (Å²) in [4.78, 5) is 14.5. The number of piperidine rings is 1. The Labute approximate surface area is 163 Å². The summed E-state index contributed by atoms with van der Waals surface area (Å²) < 4.78 is 11.3. The van der Waals surface area contributed by atoms with Crippen molar-refractivity contribution in [3.05, 3.63) is 53.5 Å². The molecule has 1 aliphatic rings. The van der Waals surface area contributed by atoms with E-state index in [0.29, 0.717) is 31.5 Å². The molecule has 1 N–H and O–H groups in total. The highest BCUT2D eigenvalue weighted by Crippen LogP contribution is 2.26. The number of anilines is 1. The van der Waals surface area contributed by atoms with Crippen LogP contribution in [0.4, 0.5) is 6.01 Å². The summed E-state index contributed by atoms with van der Waals surface area (Å²) in [5, 5.41) is 11.3. The van der Waals surface area contributed by atoms with Gasteiger partial charge in [0.1, 0.15) is 11.5 Å². The molecule has 1 saturated heterocycles. The smallest absolute Gasteiger partial charge is 0.318 e. The van der Waals surface area contributed by atoms with Gasteiger partial charge < -0.3 is 19.1 Å². The predicted molar refractivity (Wildman–Crippen MR) is 105 cm³/mol. The van der Waals surface area contributed by atoms with Crippen molar-refractivity contribution >= 4 is 11.9 Å². The summed E-state index contributed by atoms with van der Waals surface area (Å²) in [6.45, 7) is 5.79. The van der Waals surface area contributed by atoms with Gasteiger partial charge in [-0.1, -0.05) is 22.8 Å². The van der Waals surface area contributed by atoms with Crippen LogP contribution in [-0.4, -0.2) is 29.2 Å². The third kappa shape index (κ3) is 4.08. The maximum Gasteiger partial charge on any atom is 0.318 e. The van der Waals surface area contributed by atoms with Crippen LogP contribution < -0.4 is 10.2 Å². The van der Waals surface area contributed by atoms with Gasteiger partial charge in [-0.2, -0.15) is 0 Å². The Bertz CT molecular complexity index is 937. The molecule has 0 aliphatic carbocycles. The Morgan fingerprint density at radius 3 is 2.50 bits per heavy atom. The number of hydrogen-bond donors (Lipinski definition) is 1. The number of rotatable bonds is 5. The molecule has 1 amide bonds. The standard InChI is InChI=1S/C21H24N4O3/c1-14-3-6-17(7-4-14)20-23-24-21(28-20)25-11-9-16(10-12-25)19(26)22-13-18-8-5-15(2)27-18/h3-8,16H,9-13H2,1-2H3,(H,22,26). The molecule has 7 nitrogen and oxygen atoms in total. The lowest BCUT2D eigenvalue weighted by Crippen LogP contribution is -2.40. The molecular formula is C21H24N4O3. The van der Waals surface area contributed by atoms with Gasteiger partial charge in [0.05, 0.1) is 6.54 Å². The van der Waals surface area contributed by atoms with Crippen molar-refractivity contribution in [2.24, 2.45) is 5.92 Å². The number of benzene rings is 1. The first-order valence-corrected chi connectivity index (χ1v) is 9.57. The molecular weight excluding hydrogens is 356 g/mol. The van der Waals surface area contributed by atoms with Crippen molar-refractivity contribution in [3.8, 4) is 11.5 Å². The first-order valence-electron chi connectivity index (χ1n) is 9.57. The SMILES string of the molecule is Cc1ccc(-c2nnc(N3CCC(C(=O)NCc4ccc(C)o4)CC3)o2)cc1. The summed E-state index contributed by atoms with van der Waals surface area (Å²) in [6.07, 6.45) is 1.51. The van der Waals surface area contributed by atoms with Crippen LogP contribution in [0.2, 0.25) is 0 Å². The van der Waals surface area contributed by atoms with E-state index < -0.39 is 0 Å². The number of nitrogens with zero attached hydrogens (tertiary/aromatic N) is 3. The molecule has 1 aromatic carbocycles. The van der Waals surface area contributed by atoms with Gasteiger partial charge >= 0.3 is 6.01 Å². The van der Waals surface area contributed by atoms with Crippen LogP contribution in [0.15, 0.2) is 45.2 Å². The van der Waals surface area contributed by atoms with E-state index >= 15 is 0 Å². The summed E-state index contributed by atoms with van der Waals surface area (Å²) >= 11 is 0. The van der Waals surface area contributed by atoms with Crippen molar-refractivity contribution < 1.29 is 13.6 Å². The molecule has 0 atom stereocenters. The van der Waals surface area contributed by atoms with Crippen LogP contribution in [0.5, 0.6) is 0 Å². The van der Waals surface area contributed by atoms with Gasteiger partial charge in [0, 0.05) is 24.6 Å². The minimum absolute atomic E-state index is 0.00759. The zero-order valence-corrected chi connectivity index (χ0v) is 16.1. The first kappa shape index (κ1) is 18.3. The number of hydrogen-bond acceptors (Lipinski definition) is 6. The number of carbonyl (C=O) groups is 1. The topological polar surface area (TPSA) is 84.4 Å². The summed E-state index contributed by atoms with van der Waals surface area (Å²) in [7, 11) is 0. The average Bonchev–Trinajstić information content (AvgIpc) is 3.36. The minimum Gasteiger partial charge on any atom is -0.465 e.